The van der Waals surface area contributed by atoms with Crippen LogP contribution in [0.1, 0.15) is 26.3 Å². The van der Waals surface area contributed by atoms with Gasteiger partial charge in [0.15, 0.2) is 5.65 Å². The highest BCUT2D eigenvalue weighted by atomic mass is 16.6. The molecule has 0 unspecified atom stereocenters. The summed E-state index contributed by atoms with van der Waals surface area (Å²) in [7, 11) is 0. The number of amides is 1. The number of rotatable bonds is 2. The van der Waals surface area contributed by atoms with Crippen LogP contribution in [0.15, 0.2) is 36.8 Å². The average Bonchev–Trinajstić information content (AvgIpc) is 3.11. The van der Waals surface area contributed by atoms with Gasteiger partial charge in [-0.15, -0.1) is 0 Å². The zero-order valence-corrected chi connectivity index (χ0v) is 17.3. The lowest BCUT2D eigenvalue weighted by Crippen LogP contribution is -2.50. The number of hydrogen-bond donors (Lipinski definition) is 0. The second kappa shape index (κ2) is 7.35. The van der Waals surface area contributed by atoms with E-state index in [0.717, 1.165) is 28.1 Å². The van der Waals surface area contributed by atoms with Crippen molar-refractivity contribution in [3.63, 3.8) is 0 Å². The Kier molecular flexibility index (Phi) is 4.86. The van der Waals surface area contributed by atoms with E-state index in [2.05, 4.69) is 33.0 Å². The van der Waals surface area contributed by atoms with Gasteiger partial charge in [0.1, 0.15) is 17.7 Å². The van der Waals surface area contributed by atoms with Crippen molar-refractivity contribution in [1.29, 1.82) is 0 Å². The molecule has 2 aromatic heterocycles. The fourth-order valence-corrected chi connectivity index (χ4v) is 3.49. The van der Waals surface area contributed by atoms with E-state index < -0.39 is 5.60 Å². The molecule has 1 aromatic carbocycles. The molecule has 1 saturated heterocycles. The predicted octanol–water partition coefficient (Wildman–Crippen LogP) is 3.18. The molecule has 0 radical (unpaired) electrons. The lowest BCUT2D eigenvalue weighted by Gasteiger charge is -2.36. The first-order chi connectivity index (χ1) is 13.8. The van der Waals surface area contributed by atoms with Gasteiger partial charge in [-0.3, -0.25) is 0 Å². The van der Waals surface area contributed by atoms with E-state index in [9.17, 15) is 4.79 Å². The van der Waals surface area contributed by atoms with Crippen molar-refractivity contribution in [2.24, 2.45) is 0 Å². The summed E-state index contributed by atoms with van der Waals surface area (Å²) in [5.41, 5.74) is 2.42. The van der Waals surface area contributed by atoms with Gasteiger partial charge in [0.2, 0.25) is 0 Å². The van der Waals surface area contributed by atoms with E-state index in [1.807, 2.05) is 49.8 Å². The van der Waals surface area contributed by atoms with Crippen LogP contribution in [0, 0.1) is 6.92 Å². The fraction of sp³-hybridized carbons (Fsp3) is 0.429. The molecule has 8 heteroatoms. The van der Waals surface area contributed by atoms with Gasteiger partial charge in [0, 0.05) is 26.2 Å². The molecule has 152 valence electrons. The highest BCUT2D eigenvalue weighted by Crippen LogP contribution is 2.26. The monoisotopic (exact) mass is 394 g/mol. The van der Waals surface area contributed by atoms with E-state index in [4.69, 9.17) is 4.74 Å². The normalized spacial score (nSPS) is 15.0. The number of carbonyl (C=O) groups is 1. The molecule has 3 aromatic rings. The first kappa shape index (κ1) is 19.2. The van der Waals surface area contributed by atoms with Gasteiger partial charge in [-0.25, -0.2) is 19.4 Å². The van der Waals surface area contributed by atoms with Crippen LogP contribution < -0.4 is 4.90 Å². The quantitative estimate of drug-likeness (QED) is 0.664. The number of aromatic nitrogens is 4. The third kappa shape index (κ3) is 3.87. The number of hydrogen-bond acceptors (Lipinski definition) is 6. The summed E-state index contributed by atoms with van der Waals surface area (Å²) >= 11 is 0. The van der Waals surface area contributed by atoms with Crippen molar-refractivity contribution in [3.05, 3.63) is 42.4 Å². The third-order valence-corrected chi connectivity index (χ3v) is 4.92. The Morgan fingerprint density at radius 2 is 1.79 bits per heavy atom. The van der Waals surface area contributed by atoms with Crippen LogP contribution in [0.2, 0.25) is 0 Å². The first-order valence-electron chi connectivity index (χ1n) is 9.81. The van der Waals surface area contributed by atoms with Gasteiger partial charge in [-0.2, -0.15) is 5.10 Å². The molecule has 1 fully saturated rings. The minimum Gasteiger partial charge on any atom is -0.444 e. The van der Waals surface area contributed by atoms with E-state index >= 15 is 0 Å². The highest BCUT2D eigenvalue weighted by Gasteiger charge is 2.27. The van der Waals surface area contributed by atoms with Crippen LogP contribution in [-0.2, 0) is 4.74 Å². The van der Waals surface area contributed by atoms with Crippen molar-refractivity contribution >= 4 is 22.9 Å². The zero-order chi connectivity index (χ0) is 20.6. The molecule has 1 aliphatic rings. The number of aryl methyl sites for hydroxylation is 1. The maximum atomic E-state index is 12.3. The average molecular weight is 394 g/mol. The van der Waals surface area contributed by atoms with Crippen LogP contribution in [0.3, 0.4) is 0 Å². The van der Waals surface area contributed by atoms with E-state index in [1.165, 1.54) is 0 Å². The molecule has 29 heavy (non-hydrogen) atoms. The van der Waals surface area contributed by atoms with Gasteiger partial charge in [0.25, 0.3) is 0 Å². The van der Waals surface area contributed by atoms with Crippen molar-refractivity contribution in [3.8, 4) is 5.69 Å². The minimum atomic E-state index is -0.489. The van der Waals surface area contributed by atoms with E-state index in [1.54, 1.807) is 11.2 Å². The van der Waals surface area contributed by atoms with Crippen LogP contribution in [0.25, 0.3) is 16.7 Å². The Labute approximate surface area is 170 Å². The molecule has 3 heterocycles. The van der Waals surface area contributed by atoms with Gasteiger partial charge in [0.05, 0.1) is 17.3 Å². The molecule has 0 bridgehead atoms. The number of para-hydroxylation sites is 1. The van der Waals surface area contributed by atoms with Crippen LogP contribution in [0.5, 0.6) is 0 Å². The standard InChI is InChI=1S/C21H26N6O2/c1-15-7-5-6-8-17(15)27-19-16(13-24-27)18(22-14-23-19)25-9-11-26(12-10-25)20(28)29-21(2,3)4/h5-8,13-14H,9-12H2,1-4H3. The molecule has 1 aliphatic heterocycles. The molecule has 0 saturated carbocycles. The summed E-state index contributed by atoms with van der Waals surface area (Å²) in [6, 6.07) is 8.09. The smallest absolute Gasteiger partial charge is 0.410 e. The van der Waals surface area contributed by atoms with Crippen molar-refractivity contribution in [1.82, 2.24) is 24.6 Å². The van der Waals surface area contributed by atoms with Gasteiger partial charge in [-0.1, -0.05) is 18.2 Å². The Morgan fingerprint density at radius 1 is 1.07 bits per heavy atom. The summed E-state index contributed by atoms with van der Waals surface area (Å²) in [4.78, 5) is 25.2. The fourth-order valence-electron chi connectivity index (χ4n) is 3.49. The van der Waals surface area contributed by atoms with Gasteiger partial charge in [-0.05, 0) is 39.3 Å². The van der Waals surface area contributed by atoms with Crippen LogP contribution in [0.4, 0.5) is 10.6 Å². The van der Waals surface area contributed by atoms with Gasteiger partial charge < -0.3 is 14.5 Å². The molecule has 8 nitrogen and oxygen atoms in total. The molecule has 0 N–H and O–H groups in total. The SMILES string of the molecule is Cc1ccccc1-n1ncc2c(N3CCN(C(=O)OC(C)(C)C)CC3)ncnc21. The number of nitrogens with zero attached hydrogens (tertiary/aromatic N) is 6. The second-order valence-corrected chi connectivity index (χ2v) is 8.23. The predicted molar refractivity (Wildman–Crippen MR) is 111 cm³/mol. The van der Waals surface area contributed by atoms with Crippen molar-refractivity contribution < 1.29 is 9.53 Å². The van der Waals surface area contributed by atoms with Crippen LogP contribution in [-0.4, -0.2) is 62.5 Å². The molecule has 1 amide bonds. The van der Waals surface area contributed by atoms with E-state index in [-0.39, 0.29) is 6.09 Å². The molecular weight excluding hydrogens is 368 g/mol. The zero-order valence-electron chi connectivity index (χ0n) is 17.3. The summed E-state index contributed by atoms with van der Waals surface area (Å²) in [5, 5.41) is 5.47. The summed E-state index contributed by atoms with van der Waals surface area (Å²) < 4.78 is 7.34. The summed E-state index contributed by atoms with van der Waals surface area (Å²) in [5.74, 6) is 0.846. The molecule has 0 aliphatic carbocycles. The lowest BCUT2D eigenvalue weighted by molar-refractivity contribution is 0.0240. The number of anilines is 1. The second-order valence-electron chi connectivity index (χ2n) is 8.23. The number of carbonyl (C=O) groups excluding carboxylic acids is 1. The Bertz CT molecular complexity index is 1030. The number of piperazine rings is 1. The topological polar surface area (TPSA) is 76.4 Å². The molecule has 0 spiro atoms. The van der Waals surface area contributed by atoms with Crippen LogP contribution >= 0.6 is 0 Å². The van der Waals surface area contributed by atoms with Gasteiger partial charge >= 0.3 is 6.09 Å². The molecular formula is C21H26N6O2. The van der Waals surface area contributed by atoms with E-state index in [0.29, 0.717) is 26.2 Å². The third-order valence-electron chi connectivity index (χ3n) is 4.92. The molecule has 4 rings (SSSR count). The first-order valence-corrected chi connectivity index (χ1v) is 9.81. The summed E-state index contributed by atoms with van der Waals surface area (Å²) in [6.45, 7) is 10.2. The lowest BCUT2D eigenvalue weighted by atomic mass is 10.2. The maximum Gasteiger partial charge on any atom is 0.410 e. The Morgan fingerprint density at radius 3 is 2.48 bits per heavy atom. The Balaban J connectivity index is 1.56. The minimum absolute atomic E-state index is 0.266. The number of ether oxygens (including phenoxy) is 1. The largest absolute Gasteiger partial charge is 0.444 e. The highest BCUT2D eigenvalue weighted by molar-refractivity contribution is 5.88. The Hall–Kier alpha value is -3.16. The van der Waals surface area contributed by atoms with Crippen molar-refractivity contribution in [2.45, 2.75) is 33.3 Å². The van der Waals surface area contributed by atoms with Crippen molar-refractivity contribution in [2.75, 3.05) is 31.1 Å². The molecule has 0 atom stereocenters. The number of fused-ring (bicyclic) bond motifs is 1. The summed E-state index contributed by atoms with van der Waals surface area (Å²) in [6.07, 6.45) is 3.13. The number of benzene rings is 1. The maximum absolute atomic E-state index is 12.3.